The number of ether oxygens (including phenoxy) is 1. The van der Waals surface area contributed by atoms with Crippen molar-refractivity contribution in [3.05, 3.63) is 35.9 Å². The molecule has 1 aliphatic heterocycles. The highest BCUT2D eigenvalue weighted by molar-refractivity contribution is 6.01. The molecule has 0 fully saturated rings. The second-order valence-electron chi connectivity index (χ2n) is 6.66. The van der Waals surface area contributed by atoms with Gasteiger partial charge in [0.1, 0.15) is 12.1 Å². The largest absolute Gasteiger partial charge is 0.480 e. The molecule has 1 aromatic rings. The fraction of sp³-hybridized carbons (Fsp3) is 0.478. The fourth-order valence-electron chi connectivity index (χ4n) is 2.17. The maximum atomic E-state index is 11.7. The number of nitrogens with one attached hydrogen (secondary N) is 2. The number of aliphatic imine (C=N–C) groups is 1. The maximum Gasteiger partial charge on any atom is 0.337 e. The molecule has 3 atom stereocenters. The van der Waals surface area contributed by atoms with Crippen LogP contribution in [0.4, 0.5) is 0 Å². The number of carbonyl (C=O) groups is 5. The first-order valence-corrected chi connectivity index (χ1v) is 10.5. The van der Waals surface area contributed by atoms with Crippen molar-refractivity contribution in [1.29, 1.82) is 0 Å². The predicted octanol–water partition coefficient (Wildman–Crippen LogP) is 2.37. The molecule has 0 radical (unpaired) electrons. The molecule has 0 bridgehead atoms. The molecule has 3 N–H and O–H groups in total. The summed E-state index contributed by atoms with van der Waals surface area (Å²) in [4.78, 5) is 56.9. The maximum absolute atomic E-state index is 11.7. The molecule has 1 aromatic carbocycles. The smallest absolute Gasteiger partial charge is 0.337 e. The van der Waals surface area contributed by atoms with Crippen LogP contribution in [0.2, 0.25) is 0 Å². The lowest BCUT2D eigenvalue weighted by Crippen LogP contribution is -2.37. The van der Waals surface area contributed by atoms with Crippen molar-refractivity contribution in [2.75, 3.05) is 0 Å². The van der Waals surface area contributed by atoms with Gasteiger partial charge in [0.25, 0.3) is 0 Å². The van der Waals surface area contributed by atoms with Gasteiger partial charge in [-0.05, 0) is 20.8 Å². The van der Waals surface area contributed by atoms with Crippen LogP contribution in [-0.4, -0.2) is 58.7 Å². The Labute approximate surface area is 194 Å². The lowest BCUT2D eigenvalue weighted by Gasteiger charge is -2.10. The third-order valence-electron chi connectivity index (χ3n) is 3.63. The van der Waals surface area contributed by atoms with Gasteiger partial charge >= 0.3 is 11.9 Å². The summed E-state index contributed by atoms with van der Waals surface area (Å²) < 4.78 is 4.58. The zero-order chi connectivity index (χ0) is 26.1. The Hall–Kier alpha value is -3.56. The van der Waals surface area contributed by atoms with E-state index in [1.807, 2.05) is 19.9 Å². The molecule has 1 aliphatic rings. The first kappa shape index (κ1) is 31.6. The molecule has 2 rings (SSSR count). The van der Waals surface area contributed by atoms with Crippen LogP contribution in [0.15, 0.2) is 35.3 Å². The average molecular weight is 466 g/mol. The highest BCUT2D eigenvalue weighted by atomic mass is 16.6. The van der Waals surface area contributed by atoms with Crippen molar-refractivity contribution in [2.45, 2.75) is 73.5 Å². The monoisotopic (exact) mass is 465 g/mol. The van der Waals surface area contributed by atoms with Crippen LogP contribution in [-0.2, 0) is 23.9 Å². The average Bonchev–Trinajstić information content (AvgIpc) is 3.04. The van der Waals surface area contributed by atoms with Crippen molar-refractivity contribution < 1.29 is 33.8 Å². The predicted molar refractivity (Wildman–Crippen MR) is 125 cm³/mol. The van der Waals surface area contributed by atoms with Crippen molar-refractivity contribution in [3.8, 4) is 0 Å². The Bertz CT molecular complexity index is 823. The fourth-order valence-corrected chi connectivity index (χ4v) is 2.17. The Kier molecular flexibility index (Phi) is 16.3. The van der Waals surface area contributed by atoms with Crippen molar-refractivity contribution in [3.63, 3.8) is 0 Å². The van der Waals surface area contributed by atoms with Crippen molar-refractivity contribution in [2.24, 2.45) is 4.99 Å². The lowest BCUT2D eigenvalue weighted by molar-refractivity contribution is -0.141. The van der Waals surface area contributed by atoms with E-state index < -0.39 is 18.1 Å². The molecule has 3 unspecified atom stereocenters. The Morgan fingerprint density at radius 2 is 1.42 bits per heavy atom. The standard InChI is InChI=1S/C11H13NO2.C5H9NO3.C5H7NO2.C2H6/c1-8(12-9(2)13)11(14)10-6-4-3-5-7-10;1-3(5(8)9)6-4(2)7;1-3-5(7)8-4(2)6-3;1-2/h3-8H,1-2H3,(H,12,13);3H,1-2H3,(H,6,7)(H,8,9);3H,1-2H3;1-2H3. The SMILES string of the molecule is CC.CC(=O)NC(C)C(=O)O.CC(=O)NC(C)C(=O)c1ccccc1.CC1=NC(C)C(=O)O1. The second-order valence-corrected chi connectivity index (χ2v) is 6.66. The van der Waals surface area contributed by atoms with Crippen LogP contribution in [0.5, 0.6) is 0 Å². The molecule has 10 heteroatoms. The summed E-state index contributed by atoms with van der Waals surface area (Å²) in [6, 6.07) is 7.38. The number of carboxylic acid groups (broad SMARTS) is 1. The Morgan fingerprint density at radius 1 is 0.970 bits per heavy atom. The number of hydrogen-bond acceptors (Lipinski definition) is 7. The first-order chi connectivity index (χ1) is 15.3. The molecule has 33 heavy (non-hydrogen) atoms. The number of Topliss-reactive ketones (excluding diaryl/α,β-unsaturated/α-hetero) is 1. The zero-order valence-corrected chi connectivity index (χ0v) is 20.5. The van der Waals surface area contributed by atoms with E-state index in [2.05, 4.69) is 20.4 Å². The summed E-state index contributed by atoms with van der Waals surface area (Å²) in [5, 5.41) is 13.0. The normalized spacial score (nSPS) is 15.2. The summed E-state index contributed by atoms with van der Waals surface area (Å²) in [7, 11) is 0. The molecule has 1 heterocycles. The Morgan fingerprint density at radius 3 is 1.70 bits per heavy atom. The molecule has 0 saturated carbocycles. The van der Waals surface area contributed by atoms with Crippen LogP contribution in [0.25, 0.3) is 0 Å². The number of carboxylic acids is 1. The van der Waals surface area contributed by atoms with Gasteiger partial charge in [0, 0.05) is 26.3 Å². The van der Waals surface area contributed by atoms with E-state index in [9.17, 15) is 24.0 Å². The quantitative estimate of drug-likeness (QED) is 0.446. The molecule has 0 aromatic heterocycles. The van der Waals surface area contributed by atoms with Gasteiger partial charge < -0.3 is 20.5 Å². The number of ketones is 1. The minimum absolute atomic E-state index is 0.0687. The summed E-state index contributed by atoms with van der Waals surface area (Å²) in [5.41, 5.74) is 0.619. The van der Waals surface area contributed by atoms with Gasteiger partial charge in [-0.15, -0.1) is 0 Å². The van der Waals surface area contributed by atoms with Gasteiger partial charge in [0.15, 0.2) is 11.7 Å². The number of nitrogens with zero attached hydrogens (tertiary/aromatic N) is 1. The van der Waals surface area contributed by atoms with Gasteiger partial charge in [0.2, 0.25) is 11.8 Å². The summed E-state index contributed by atoms with van der Waals surface area (Å²) in [5.74, 6) is -1.39. The zero-order valence-electron chi connectivity index (χ0n) is 20.5. The molecule has 184 valence electrons. The molecule has 10 nitrogen and oxygen atoms in total. The molecule has 0 spiro atoms. The van der Waals surface area contributed by atoms with Crippen LogP contribution >= 0.6 is 0 Å². The van der Waals surface area contributed by atoms with Gasteiger partial charge in [-0.1, -0.05) is 44.2 Å². The third-order valence-corrected chi connectivity index (χ3v) is 3.63. The minimum atomic E-state index is -1.02. The lowest BCUT2D eigenvalue weighted by atomic mass is 10.1. The van der Waals surface area contributed by atoms with E-state index in [-0.39, 0.29) is 29.6 Å². The molecule has 2 amide bonds. The number of rotatable bonds is 5. The number of amides is 2. The molecular weight excluding hydrogens is 430 g/mol. The van der Waals surface area contributed by atoms with E-state index in [0.717, 1.165) is 0 Å². The first-order valence-electron chi connectivity index (χ1n) is 10.5. The summed E-state index contributed by atoms with van der Waals surface area (Å²) >= 11 is 0. The van der Waals surface area contributed by atoms with Crippen LogP contribution in [0, 0.1) is 0 Å². The summed E-state index contributed by atoms with van der Waals surface area (Å²) in [6.07, 6.45) is 0. The van der Waals surface area contributed by atoms with Crippen LogP contribution in [0.3, 0.4) is 0 Å². The third kappa shape index (κ3) is 15.0. The van der Waals surface area contributed by atoms with E-state index >= 15 is 0 Å². The number of cyclic esters (lactones) is 1. The van der Waals surface area contributed by atoms with E-state index in [4.69, 9.17) is 5.11 Å². The molecule has 0 saturated heterocycles. The van der Waals surface area contributed by atoms with E-state index in [1.54, 1.807) is 45.0 Å². The molecular formula is C23H35N3O7. The van der Waals surface area contributed by atoms with Crippen LogP contribution in [0.1, 0.15) is 65.7 Å². The van der Waals surface area contributed by atoms with Crippen LogP contribution < -0.4 is 10.6 Å². The second kappa shape index (κ2) is 17.0. The van der Waals surface area contributed by atoms with Crippen molar-refractivity contribution in [1.82, 2.24) is 10.6 Å². The van der Waals surface area contributed by atoms with E-state index in [0.29, 0.717) is 11.5 Å². The number of carbonyl (C=O) groups excluding carboxylic acids is 4. The van der Waals surface area contributed by atoms with Gasteiger partial charge in [-0.3, -0.25) is 19.2 Å². The summed E-state index contributed by atoms with van der Waals surface area (Å²) in [6.45, 7) is 13.1. The highest BCUT2D eigenvalue weighted by Crippen LogP contribution is 2.04. The Balaban J connectivity index is 0. The van der Waals surface area contributed by atoms with Crippen molar-refractivity contribution >= 4 is 35.4 Å². The molecule has 0 aliphatic carbocycles. The number of esters is 1. The van der Waals surface area contributed by atoms with Gasteiger partial charge in [-0.25, -0.2) is 9.79 Å². The van der Waals surface area contributed by atoms with Gasteiger partial charge in [-0.2, -0.15) is 0 Å². The topological polar surface area (TPSA) is 151 Å². The number of hydrogen-bond donors (Lipinski definition) is 3. The van der Waals surface area contributed by atoms with Gasteiger partial charge in [0.05, 0.1) is 6.04 Å². The van der Waals surface area contributed by atoms with E-state index in [1.165, 1.54) is 20.8 Å². The number of benzene rings is 1. The highest BCUT2D eigenvalue weighted by Gasteiger charge is 2.21. The minimum Gasteiger partial charge on any atom is -0.480 e. The number of aliphatic carboxylic acids is 1.